The van der Waals surface area contributed by atoms with Crippen molar-refractivity contribution >= 4 is 11.7 Å². The van der Waals surface area contributed by atoms with Gasteiger partial charge < -0.3 is 15.2 Å². The monoisotopic (exact) mass is 238 g/mol. The zero-order valence-electron chi connectivity index (χ0n) is 10.1. The number of aliphatic hydroxyl groups excluding tert-OH is 1. The third-order valence-electron chi connectivity index (χ3n) is 2.36. The fourth-order valence-electron chi connectivity index (χ4n) is 1.49. The number of hydrogen-bond acceptors (Lipinski definition) is 5. The highest BCUT2D eigenvalue weighted by Gasteiger charge is 2.08. The van der Waals surface area contributed by atoms with Crippen LogP contribution in [-0.2, 0) is 4.74 Å². The minimum absolute atomic E-state index is 0.190. The van der Waals surface area contributed by atoms with Gasteiger partial charge in [0.05, 0.1) is 7.11 Å². The van der Waals surface area contributed by atoms with Gasteiger partial charge >= 0.3 is 5.97 Å². The molecule has 0 spiro atoms. The molecule has 1 aromatic heterocycles. The van der Waals surface area contributed by atoms with Crippen LogP contribution in [0.2, 0.25) is 0 Å². The molecule has 0 aliphatic carbocycles. The molecule has 5 nitrogen and oxygen atoms in total. The lowest BCUT2D eigenvalue weighted by molar-refractivity contribution is 0.0594. The number of nitrogens with one attached hydrogen (secondary N) is 1. The molecular formula is C12H18N2O3. The third kappa shape index (κ3) is 4.40. The number of carbonyl (C=O) groups is 1. The first kappa shape index (κ1) is 13.4. The highest BCUT2D eigenvalue weighted by molar-refractivity contribution is 5.88. The fraction of sp³-hybridized carbons (Fsp3) is 0.500. The topological polar surface area (TPSA) is 71.5 Å². The summed E-state index contributed by atoms with van der Waals surface area (Å²) in [5.74, 6) is -0.448. The molecule has 1 rings (SSSR count). The highest BCUT2D eigenvalue weighted by Crippen LogP contribution is 2.12. The Bertz CT molecular complexity index is 369. The van der Waals surface area contributed by atoms with E-state index in [-0.39, 0.29) is 18.3 Å². The Balaban J connectivity index is 2.62. The minimum Gasteiger partial charge on any atom is -0.464 e. The second-order valence-corrected chi connectivity index (χ2v) is 3.83. The van der Waals surface area contributed by atoms with Crippen LogP contribution in [-0.4, -0.2) is 35.8 Å². The number of nitrogens with zero attached hydrogens (tertiary/aromatic N) is 1. The van der Waals surface area contributed by atoms with Crippen LogP contribution in [0, 0.1) is 0 Å². The van der Waals surface area contributed by atoms with Crippen molar-refractivity contribution in [3.8, 4) is 0 Å². The fourth-order valence-corrected chi connectivity index (χ4v) is 1.49. The Morgan fingerprint density at radius 3 is 3.06 bits per heavy atom. The smallest absolute Gasteiger partial charge is 0.356 e. The number of carbonyl (C=O) groups excluding carboxylic acids is 1. The number of esters is 1. The number of aliphatic hydroxyl groups is 1. The Kier molecular flexibility index (Phi) is 5.42. The number of ether oxygens (including phenoxy) is 1. The van der Waals surface area contributed by atoms with E-state index in [0.29, 0.717) is 0 Å². The maximum Gasteiger partial charge on any atom is 0.356 e. The van der Waals surface area contributed by atoms with Gasteiger partial charge in [-0.15, -0.1) is 0 Å². The molecule has 0 saturated heterocycles. The van der Waals surface area contributed by atoms with Crippen LogP contribution >= 0.6 is 0 Å². The summed E-state index contributed by atoms with van der Waals surface area (Å²) in [5.41, 5.74) is 1.11. The van der Waals surface area contributed by atoms with E-state index in [1.165, 1.54) is 7.11 Å². The van der Waals surface area contributed by atoms with Crippen LogP contribution in [0.5, 0.6) is 0 Å². The largest absolute Gasteiger partial charge is 0.464 e. The first-order chi connectivity index (χ1) is 8.17. The zero-order chi connectivity index (χ0) is 12.7. The minimum atomic E-state index is -0.448. The maximum absolute atomic E-state index is 11.3. The number of hydrogen-bond donors (Lipinski definition) is 2. The van der Waals surface area contributed by atoms with Crippen molar-refractivity contribution in [2.45, 2.75) is 25.8 Å². The van der Waals surface area contributed by atoms with E-state index in [1.807, 2.05) is 6.92 Å². The summed E-state index contributed by atoms with van der Waals surface area (Å²) in [6, 6.07) is 3.68. The molecular weight excluding hydrogens is 220 g/mol. The SMILES string of the molecule is COC(=O)c1cc(NC(C)CCCO)ccn1. The molecule has 1 atom stereocenters. The molecule has 5 heteroatoms. The quantitative estimate of drug-likeness (QED) is 0.734. The predicted molar refractivity (Wildman–Crippen MR) is 65.0 cm³/mol. The summed E-state index contributed by atoms with van der Waals surface area (Å²) in [4.78, 5) is 15.2. The zero-order valence-corrected chi connectivity index (χ0v) is 10.1. The van der Waals surface area contributed by atoms with Crippen molar-refractivity contribution in [3.63, 3.8) is 0 Å². The number of pyridine rings is 1. The van der Waals surface area contributed by atoms with Crippen LogP contribution in [0.15, 0.2) is 18.3 Å². The third-order valence-corrected chi connectivity index (χ3v) is 2.36. The molecule has 0 fully saturated rings. The van der Waals surface area contributed by atoms with Crippen molar-refractivity contribution in [3.05, 3.63) is 24.0 Å². The molecule has 0 saturated carbocycles. The van der Waals surface area contributed by atoms with Gasteiger partial charge in [-0.05, 0) is 31.9 Å². The summed E-state index contributed by atoms with van der Waals surface area (Å²) in [7, 11) is 1.33. The van der Waals surface area contributed by atoms with Crippen LogP contribution in [0.1, 0.15) is 30.3 Å². The molecule has 1 heterocycles. The summed E-state index contributed by atoms with van der Waals surface area (Å²) < 4.78 is 4.60. The van der Waals surface area contributed by atoms with E-state index in [9.17, 15) is 4.79 Å². The first-order valence-electron chi connectivity index (χ1n) is 5.59. The van der Waals surface area contributed by atoms with Gasteiger partial charge in [0.2, 0.25) is 0 Å². The Morgan fingerprint density at radius 2 is 2.41 bits per heavy atom. The molecule has 94 valence electrons. The molecule has 0 amide bonds. The average molecular weight is 238 g/mol. The molecule has 2 N–H and O–H groups in total. The Hall–Kier alpha value is -1.62. The van der Waals surface area contributed by atoms with E-state index >= 15 is 0 Å². The lowest BCUT2D eigenvalue weighted by Crippen LogP contribution is -2.16. The second-order valence-electron chi connectivity index (χ2n) is 3.83. The van der Waals surface area contributed by atoms with E-state index in [4.69, 9.17) is 5.11 Å². The lowest BCUT2D eigenvalue weighted by Gasteiger charge is -2.14. The van der Waals surface area contributed by atoms with Gasteiger partial charge in [0, 0.05) is 24.5 Å². The van der Waals surface area contributed by atoms with Gasteiger partial charge in [-0.25, -0.2) is 9.78 Å². The number of methoxy groups -OCH3 is 1. The standard InChI is InChI=1S/C12H18N2O3/c1-9(4-3-7-15)14-10-5-6-13-11(8-10)12(16)17-2/h5-6,8-9,15H,3-4,7H2,1-2H3,(H,13,14). The first-order valence-corrected chi connectivity index (χ1v) is 5.59. The molecule has 0 bridgehead atoms. The van der Waals surface area contributed by atoms with Crippen LogP contribution < -0.4 is 5.32 Å². The maximum atomic E-state index is 11.3. The van der Waals surface area contributed by atoms with E-state index in [0.717, 1.165) is 18.5 Å². The van der Waals surface area contributed by atoms with Crippen molar-refractivity contribution < 1.29 is 14.6 Å². The van der Waals surface area contributed by atoms with Gasteiger partial charge in [0.25, 0.3) is 0 Å². The van der Waals surface area contributed by atoms with Crippen LogP contribution in [0.25, 0.3) is 0 Å². The average Bonchev–Trinajstić information content (AvgIpc) is 2.35. The van der Waals surface area contributed by atoms with E-state index < -0.39 is 5.97 Å². The van der Waals surface area contributed by atoms with Crippen molar-refractivity contribution in [2.75, 3.05) is 19.0 Å². The van der Waals surface area contributed by atoms with Crippen molar-refractivity contribution in [1.29, 1.82) is 0 Å². The van der Waals surface area contributed by atoms with Gasteiger partial charge in [-0.1, -0.05) is 0 Å². The Morgan fingerprint density at radius 1 is 1.65 bits per heavy atom. The Labute approximate surface area is 101 Å². The number of anilines is 1. The summed E-state index contributed by atoms with van der Waals surface area (Å²) in [5, 5.41) is 12.0. The van der Waals surface area contributed by atoms with E-state index in [2.05, 4.69) is 15.0 Å². The van der Waals surface area contributed by atoms with Gasteiger partial charge in [0.1, 0.15) is 5.69 Å². The summed E-state index contributed by atoms with van der Waals surface area (Å²) in [6.07, 6.45) is 3.18. The predicted octanol–water partition coefficient (Wildman–Crippen LogP) is 1.44. The lowest BCUT2D eigenvalue weighted by atomic mass is 10.2. The molecule has 0 radical (unpaired) electrons. The normalized spacial score (nSPS) is 11.9. The van der Waals surface area contributed by atoms with Crippen molar-refractivity contribution in [2.24, 2.45) is 0 Å². The highest BCUT2D eigenvalue weighted by atomic mass is 16.5. The van der Waals surface area contributed by atoms with Gasteiger partial charge in [-0.3, -0.25) is 0 Å². The van der Waals surface area contributed by atoms with E-state index in [1.54, 1.807) is 18.3 Å². The van der Waals surface area contributed by atoms with Gasteiger partial charge in [0.15, 0.2) is 0 Å². The number of rotatable bonds is 6. The number of aromatic nitrogens is 1. The molecule has 0 aromatic carbocycles. The summed E-state index contributed by atoms with van der Waals surface area (Å²) >= 11 is 0. The molecule has 0 aliphatic heterocycles. The van der Waals surface area contributed by atoms with Crippen molar-refractivity contribution in [1.82, 2.24) is 4.98 Å². The molecule has 1 aromatic rings. The molecule has 0 aliphatic rings. The molecule has 17 heavy (non-hydrogen) atoms. The molecule has 1 unspecified atom stereocenters. The second kappa shape index (κ2) is 6.85. The van der Waals surface area contributed by atoms with Gasteiger partial charge in [-0.2, -0.15) is 0 Å². The van der Waals surface area contributed by atoms with Crippen LogP contribution in [0.3, 0.4) is 0 Å². The summed E-state index contributed by atoms with van der Waals surface area (Å²) in [6.45, 7) is 2.21. The van der Waals surface area contributed by atoms with Crippen LogP contribution in [0.4, 0.5) is 5.69 Å².